The molecule has 0 spiro atoms. The van der Waals surface area contributed by atoms with Crippen molar-refractivity contribution < 1.29 is 9.53 Å². The number of nitrogens with zero attached hydrogens (tertiary/aromatic N) is 5. The summed E-state index contributed by atoms with van der Waals surface area (Å²) in [5.74, 6) is 0.182. The molecular weight excluding hydrogens is 270 g/mol. The second-order valence-corrected chi connectivity index (χ2v) is 4.83. The maximum absolute atomic E-state index is 11.5. The second kappa shape index (κ2) is 6.99. The Labute approximate surface area is 124 Å². The van der Waals surface area contributed by atoms with Gasteiger partial charge in [0, 0.05) is 26.2 Å². The van der Waals surface area contributed by atoms with E-state index in [1.807, 2.05) is 6.92 Å². The van der Waals surface area contributed by atoms with Gasteiger partial charge in [0.25, 0.3) is 0 Å². The van der Waals surface area contributed by atoms with Gasteiger partial charge in [-0.3, -0.25) is 9.88 Å². The molecule has 7 nitrogen and oxygen atoms in total. The quantitative estimate of drug-likeness (QED) is 0.754. The van der Waals surface area contributed by atoms with Gasteiger partial charge >= 0.3 is 5.97 Å². The summed E-state index contributed by atoms with van der Waals surface area (Å²) >= 11 is 0. The lowest BCUT2D eigenvalue weighted by molar-refractivity contribution is 0.0593. The molecule has 0 N–H and O–H groups in total. The smallest absolute Gasteiger partial charge is 0.358 e. The van der Waals surface area contributed by atoms with Gasteiger partial charge in [-0.05, 0) is 6.42 Å². The summed E-state index contributed by atoms with van der Waals surface area (Å²) in [5.41, 5.74) is 0.209. The van der Waals surface area contributed by atoms with Crippen molar-refractivity contribution in [2.24, 2.45) is 0 Å². The lowest BCUT2D eigenvalue weighted by atomic mass is 10.2. The van der Waals surface area contributed by atoms with E-state index in [1.54, 1.807) is 6.20 Å². The molecule has 0 radical (unpaired) electrons. The Balaban J connectivity index is 2.02. The highest BCUT2D eigenvalue weighted by molar-refractivity contribution is 5.87. The molecule has 1 aliphatic rings. The molecule has 2 rings (SSSR count). The van der Waals surface area contributed by atoms with Crippen LogP contribution in [0.2, 0.25) is 0 Å². The molecule has 112 valence electrons. The van der Waals surface area contributed by atoms with E-state index < -0.39 is 5.97 Å². The van der Waals surface area contributed by atoms with E-state index in [4.69, 9.17) is 5.26 Å². The van der Waals surface area contributed by atoms with E-state index in [9.17, 15) is 4.79 Å². The zero-order valence-electron chi connectivity index (χ0n) is 12.3. The lowest BCUT2D eigenvalue weighted by Gasteiger charge is -2.37. The highest BCUT2D eigenvalue weighted by Gasteiger charge is 2.23. The van der Waals surface area contributed by atoms with Gasteiger partial charge in [-0.25, -0.2) is 9.78 Å². The van der Waals surface area contributed by atoms with Crippen LogP contribution in [0.4, 0.5) is 5.82 Å². The molecule has 2 heterocycles. The first-order valence-corrected chi connectivity index (χ1v) is 6.98. The van der Waals surface area contributed by atoms with E-state index in [-0.39, 0.29) is 11.7 Å². The van der Waals surface area contributed by atoms with E-state index in [1.165, 1.54) is 13.3 Å². The number of carbonyl (C=O) groups is 1. The first-order chi connectivity index (χ1) is 10.2. The van der Waals surface area contributed by atoms with Gasteiger partial charge in [0.05, 0.1) is 31.6 Å². The number of aromatic nitrogens is 2. The molecule has 0 amide bonds. The third-order valence-electron chi connectivity index (χ3n) is 3.63. The highest BCUT2D eigenvalue weighted by Crippen LogP contribution is 2.15. The number of anilines is 1. The average Bonchev–Trinajstić information content (AvgIpc) is 2.56. The average molecular weight is 289 g/mol. The fourth-order valence-corrected chi connectivity index (χ4v) is 2.40. The molecule has 0 aromatic carbocycles. The van der Waals surface area contributed by atoms with Crippen molar-refractivity contribution in [3.63, 3.8) is 0 Å². The van der Waals surface area contributed by atoms with Gasteiger partial charge in [0.15, 0.2) is 5.69 Å². The molecule has 1 unspecified atom stereocenters. The molecule has 7 heteroatoms. The Hall–Kier alpha value is -2.20. The van der Waals surface area contributed by atoms with Gasteiger partial charge in [-0.15, -0.1) is 0 Å². The summed E-state index contributed by atoms with van der Waals surface area (Å²) in [6, 6.07) is 2.30. The van der Waals surface area contributed by atoms with Gasteiger partial charge in [-0.2, -0.15) is 5.26 Å². The minimum atomic E-state index is -0.487. The number of piperazine rings is 1. The molecule has 0 saturated carbocycles. The molecule has 1 aromatic heterocycles. The number of hydrogen-bond donors (Lipinski definition) is 0. The summed E-state index contributed by atoms with van der Waals surface area (Å²) in [4.78, 5) is 24.1. The minimum Gasteiger partial charge on any atom is -0.464 e. The lowest BCUT2D eigenvalue weighted by Crippen LogP contribution is -2.50. The number of carbonyl (C=O) groups excluding carboxylic acids is 1. The van der Waals surface area contributed by atoms with Crippen LogP contribution in [-0.4, -0.2) is 60.2 Å². The zero-order valence-corrected chi connectivity index (χ0v) is 12.3. The van der Waals surface area contributed by atoms with Crippen LogP contribution in [-0.2, 0) is 4.74 Å². The Morgan fingerprint density at radius 3 is 2.71 bits per heavy atom. The molecule has 0 aliphatic carbocycles. The van der Waals surface area contributed by atoms with E-state index in [2.05, 4.69) is 30.6 Å². The van der Waals surface area contributed by atoms with E-state index in [0.29, 0.717) is 5.82 Å². The first kappa shape index (κ1) is 15.2. The number of nitriles is 1. The predicted molar refractivity (Wildman–Crippen MR) is 76.8 cm³/mol. The van der Waals surface area contributed by atoms with Crippen molar-refractivity contribution >= 4 is 11.8 Å². The van der Waals surface area contributed by atoms with Crippen molar-refractivity contribution in [2.45, 2.75) is 19.4 Å². The molecule has 1 aliphatic heterocycles. The fraction of sp³-hybridized carbons (Fsp3) is 0.571. The molecule has 1 atom stereocenters. The first-order valence-electron chi connectivity index (χ1n) is 6.98. The van der Waals surface area contributed by atoms with E-state index >= 15 is 0 Å². The molecule has 1 fully saturated rings. The summed E-state index contributed by atoms with van der Waals surface area (Å²) in [6.07, 6.45) is 3.87. The van der Waals surface area contributed by atoms with Crippen LogP contribution < -0.4 is 4.90 Å². The normalized spacial score (nSPS) is 17.1. The summed E-state index contributed by atoms with van der Waals surface area (Å²) in [7, 11) is 1.32. The van der Waals surface area contributed by atoms with Crippen LogP contribution in [0.3, 0.4) is 0 Å². The molecular formula is C14H19N5O2. The second-order valence-electron chi connectivity index (χ2n) is 4.83. The third kappa shape index (κ3) is 3.47. The van der Waals surface area contributed by atoms with Crippen LogP contribution in [0.25, 0.3) is 0 Å². The zero-order chi connectivity index (χ0) is 15.2. The van der Waals surface area contributed by atoms with Crippen LogP contribution in [0.1, 0.15) is 23.8 Å². The molecule has 1 aromatic rings. The van der Waals surface area contributed by atoms with Gasteiger partial charge in [0.2, 0.25) is 0 Å². The van der Waals surface area contributed by atoms with Gasteiger partial charge in [-0.1, -0.05) is 6.92 Å². The number of methoxy groups -OCH3 is 1. The topological polar surface area (TPSA) is 82.4 Å². The van der Waals surface area contributed by atoms with Crippen LogP contribution in [0, 0.1) is 11.3 Å². The molecule has 1 saturated heterocycles. The number of hydrogen-bond acceptors (Lipinski definition) is 7. The monoisotopic (exact) mass is 289 g/mol. The van der Waals surface area contributed by atoms with Crippen molar-refractivity contribution in [1.82, 2.24) is 14.9 Å². The summed E-state index contributed by atoms with van der Waals surface area (Å²) in [6.45, 7) is 5.15. The van der Waals surface area contributed by atoms with Crippen molar-refractivity contribution in [3.05, 3.63) is 18.1 Å². The van der Waals surface area contributed by atoms with Crippen molar-refractivity contribution in [2.75, 3.05) is 38.2 Å². The SMILES string of the molecule is CCC(C#N)N1CCN(c2cncc(C(=O)OC)n2)CC1. The van der Waals surface area contributed by atoms with Crippen LogP contribution in [0.15, 0.2) is 12.4 Å². The Bertz CT molecular complexity index is 534. The number of rotatable bonds is 4. The maximum Gasteiger partial charge on any atom is 0.358 e. The Morgan fingerprint density at radius 2 is 2.14 bits per heavy atom. The largest absolute Gasteiger partial charge is 0.464 e. The van der Waals surface area contributed by atoms with Crippen molar-refractivity contribution in [3.8, 4) is 6.07 Å². The maximum atomic E-state index is 11.5. The Kier molecular flexibility index (Phi) is 5.06. The van der Waals surface area contributed by atoms with Crippen molar-refractivity contribution in [1.29, 1.82) is 5.26 Å². The third-order valence-corrected chi connectivity index (χ3v) is 3.63. The predicted octanol–water partition coefficient (Wildman–Crippen LogP) is 0.687. The molecule has 21 heavy (non-hydrogen) atoms. The van der Waals surface area contributed by atoms with Gasteiger partial charge < -0.3 is 9.64 Å². The fourth-order valence-electron chi connectivity index (χ4n) is 2.40. The summed E-state index contributed by atoms with van der Waals surface area (Å²) in [5, 5.41) is 9.11. The highest BCUT2D eigenvalue weighted by atomic mass is 16.5. The van der Waals surface area contributed by atoms with Gasteiger partial charge in [0.1, 0.15) is 5.82 Å². The number of ether oxygens (including phenoxy) is 1. The van der Waals surface area contributed by atoms with Crippen LogP contribution in [0.5, 0.6) is 0 Å². The van der Waals surface area contributed by atoms with Crippen LogP contribution >= 0.6 is 0 Å². The summed E-state index contributed by atoms with van der Waals surface area (Å²) < 4.78 is 4.65. The Morgan fingerprint density at radius 1 is 1.43 bits per heavy atom. The molecule has 0 bridgehead atoms. The standard InChI is InChI=1S/C14H19N5O2/c1-3-11(8-15)18-4-6-19(7-5-18)13-10-16-9-12(17-13)14(20)21-2/h9-11H,3-7H2,1-2H3. The number of esters is 1. The minimum absolute atomic E-state index is 0.0281. The van der Waals surface area contributed by atoms with E-state index in [0.717, 1.165) is 32.6 Å².